The summed E-state index contributed by atoms with van der Waals surface area (Å²) in [5.74, 6) is 0.647. The summed E-state index contributed by atoms with van der Waals surface area (Å²) in [5, 5.41) is 13.7. The molecule has 0 aliphatic heterocycles. The van der Waals surface area contributed by atoms with Gasteiger partial charge >= 0.3 is 6.09 Å². The quantitative estimate of drug-likeness (QED) is 0.512. The van der Waals surface area contributed by atoms with Crippen molar-refractivity contribution in [1.29, 1.82) is 0 Å². The monoisotopic (exact) mass is 400 g/mol. The number of alkyl carbamates (subject to hydrolysis) is 1. The molecule has 8 heteroatoms. The normalized spacial score (nSPS) is 12.4. The summed E-state index contributed by atoms with van der Waals surface area (Å²) in [6, 6.07) is 10.0. The Morgan fingerprint density at radius 2 is 1.93 bits per heavy atom. The van der Waals surface area contributed by atoms with Gasteiger partial charge in [0.15, 0.2) is 5.96 Å². The molecular formula is C21H32N6O2. The Hall–Kier alpha value is -3.03. The Morgan fingerprint density at radius 3 is 2.55 bits per heavy atom. The maximum atomic E-state index is 12.0. The van der Waals surface area contributed by atoms with Crippen LogP contribution in [-0.2, 0) is 11.3 Å². The predicted molar refractivity (Wildman–Crippen MR) is 115 cm³/mol. The summed E-state index contributed by atoms with van der Waals surface area (Å²) < 4.78 is 7.14. The number of guanidine groups is 1. The lowest BCUT2D eigenvalue weighted by Crippen LogP contribution is -2.54. The predicted octanol–water partition coefficient (Wildman–Crippen LogP) is 2.84. The maximum Gasteiger partial charge on any atom is 0.408 e. The molecule has 1 heterocycles. The van der Waals surface area contributed by atoms with E-state index in [1.807, 2.05) is 69.8 Å². The topological polar surface area (TPSA) is 92.6 Å². The van der Waals surface area contributed by atoms with Crippen molar-refractivity contribution in [3.8, 4) is 5.69 Å². The number of aromatic nitrogens is 2. The Bertz CT molecular complexity index is 822. The van der Waals surface area contributed by atoms with Crippen LogP contribution < -0.4 is 16.0 Å². The van der Waals surface area contributed by atoms with E-state index in [-0.39, 0.29) is 0 Å². The number of aliphatic imine (C=N–C) groups is 1. The van der Waals surface area contributed by atoms with Crippen LogP contribution in [-0.4, -0.2) is 46.6 Å². The molecule has 0 unspecified atom stereocenters. The number of hydrogen-bond donors (Lipinski definition) is 3. The highest BCUT2D eigenvalue weighted by atomic mass is 16.6. The second-order valence-electron chi connectivity index (χ2n) is 8.41. The second kappa shape index (κ2) is 9.45. The molecule has 0 atom stereocenters. The number of amides is 1. The summed E-state index contributed by atoms with van der Waals surface area (Å²) in [6.07, 6.45) is 3.22. The molecule has 158 valence electrons. The standard InChI is InChI=1S/C21H32N6O2/c1-20(2,3)29-19(28)26-21(4,5)15-24-18(22-6)23-14-16-9-7-10-17(13-16)27-12-8-11-25-27/h7-13H,14-15H2,1-6H3,(H,26,28)(H2,22,23,24). The van der Waals surface area contributed by atoms with Gasteiger partial charge in [0.1, 0.15) is 5.60 Å². The zero-order chi connectivity index (χ0) is 21.5. The van der Waals surface area contributed by atoms with Crippen molar-refractivity contribution < 1.29 is 9.53 Å². The van der Waals surface area contributed by atoms with Gasteiger partial charge < -0.3 is 20.7 Å². The zero-order valence-corrected chi connectivity index (χ0v) is 18.1. The molecule has 0 aliphatic carbocycles. The first-order chi connectivity index (χ1) is 13.6. The highest BCUT2D eigenvalue weighted by molar-refractivity contribution is 5.79. The third-order valence-electron chi connectivity index (χ3n) is 3.90. The van der Waals surface area contributed by atoms with Crippen molar-refractivity contribution in [1.82, 2.24) is 25.7 Å². The molecule has 2 rings (SSSR count). The number of nitrogens with one attached hydrogen (secondary N) is 3. The third kappa shape index (κ3) is 7.85. The van der Waals surface area contributed by atoms with Gasteiger partial charge in [-0.25, -0.2) is 9.48 Å². The number of rotatable bonds is 6. The lowest BCUT2D eigenvalue weighted by atomic mass is 10.1. The molecule has 1 amide bonds. The molecule has 0 saturated carbocycles. The SMILES string of the molecule is CN=C(NCc1cccc(-n2cccn2)c1)NCC(C)(C)NC(=O)OC(C)(C)C. The molecular weight excluding hydrogens is 368 g/mol. The molecule has 29 heavy (non-hydrogen) atoms. The molecule has 1 aromatic carbocycles. The lowest BCUT2D eigenvalue weighted by Gasteiger charge is -2.29. The van der Waals surface area contributed by atoms with Crippen molar-refractivity contribution >= 4 is 12.1 Å². The van der Waals surface area contributed by atoms with E-state index < -0.39 is 17.2 Å². The number of carbonyl (C=O) groups excluding carboxylic acids is 1. The van der Waals surface area contributed by atoms with Crippen LogP contribution in [0.3, 0.4) is 0 Å². The minimum atomic E-state index is -0.532. The summed E-state index contributed by atoms with van der Waals surface area (Å²) >= 11 is 0. The summed E-state index contributed by atoms with van der Waals surface area (Å²) in [5.41, 5.74) is 1.06. The van der Waals surface area contributed by atoms with Gasteiger partial charge in [-0.1, -0.05) is 12.1 Å². The second-order valence-corrected chi connectivity index (χ2v) is 8.41. The van der Waals surface area contributed by atoms with Gasteiger partial charge in [0.05, 0.1) is 11.2 Å². The zero-order valence-electron chi connectivity index (χ0n) is 18.1. The average molecular weight is 401 g/mol. The van der Waals surface area contributed by atoms with E-state index in [4.69, 9.17) is 4.74 Å². The van der Waals surface area contributed by atoms with Crippen molar-refractivity contribution in [2.45, 2.75) is 52.3 Å². The molecule has 0 saturated heterocycles. The minimum absolute atomic E-state index is 0.442. The van der Waals surface area contributed by atoms with Crippen LogP contribution in [0.25, 0.3) is 5.69 Å². The van der Waals surface area contributed by atoms with Crippen LogP contribution in [0.1, 0.15) is 40.2 Å². The fourth-order valence-corrected chi connectivity index (χ4v) is 2.57. The van der Waals surface area contributed by atoms with Gasteiger partial charge in [-0.05, 0) is 58.4 Å². The van der Waals surface area contributed by atoms with Gasteiger partial charge in [-0.15, -0.1) is 0 Å². The Balaban J connectivity index is 1.86. The molecule has 0 bridgehead atoms. The van der Waals surface area contributed by atoms with Crippen LogP contribution in [0, 0.1) is 0 Å². The Kier molecular flexibility index (Phi) is 7.25. The number of benzene rings is 1. The molecule has 0 radical (unpaired) electrons. The first-order valence-electron chi connectivity index (χ1n) is 9.63. The van der Waals surface area contributed by atoms with E-state index in [0.717, 1.165) is 11.3 Å². The third-order valence-corrected chi connectivity index (χ3v) is 3.90. The summed E-state index contributed by atoms with van der Waals surface area (Å²) in [6.45, 7) is 10.4. The summed E-state index contributed by atoms with van der Waals surface area (Å²) in [4.78, 5) is 16.3. The Labute approximate surface area is 172 Å². The van der Waals surface area contributed by atoms with Gasteiger partial charge in [-0.2, -0.15) is 5.10 Å². The maximum absolute atomic E-state index is 12.0. The number of carbonyl (C=O) groups is 1. The number of hydrogen-bond acceptors (Lipinski definition) is 4. The van der Waals surface area contributed by atoms with E-state index in [9.17, 15) is 4.79 Å². The summed E-state index contributed by atoms with van der Waals surface area (Å²) in [7, 11) is 1.71. The van der Waals surface area contributed by atoms with E-state index in [1.54, 1.807) is 13.2 Å². The van der Waals surface area contributed by atoms with Crippen molar-refractivity contribution in [3.05, 3.63) is 48.3 Å². The van der Waals surface area contributed by atoms with Crippen molar-refractivity contribution in [2.24, 2.45) is 4.99 Å². The Morgan fingerprint density at radius 1 is 1.17 bits per heavy atom. The van der Waals surface area contributed by atoms with Gasteiger partial charge in [0.25, 0.3) is 0 Å². The fourth-order valence-electron chi connectivity index (χ4n) is 2.57. The highest BCUT2D eigenvalue weighted by Gasteiger charge is 2.24. The largest absolute Gasteiger partial charge is 0.444 e. The number of nitrogens with zero attached hydrogens (tertiary/aromatic N) is 3. The van der Waals surface area contributed by atoms with E-state index >= 15 is 0 Å². The average Bonchev–Trinajstić information content (AvgIpc) is 3.14. The van der Waals surface area contributed by atoms with E-state index in [1.165, 1.54) is 0 Å². The molecule has 0 spiro atoms. The molecule has 2 aromatic rings. The van der Waals surface area contributed by atoms with Gasteiger partial charge in [-0.3, -0.25) is 4.99 Å². The van der Waals surface area contributed by atoms with Gasteiger partial charge in [0, 0.05) is 32.5 Å². The molecule has 0 fully saturated rings. The van der Waals surface area contributed by atoms with E-state index in [0.29, 0.717) is 19.0 Å². The van der Waals surface area contributed by atoms with Crippen LogP contribution in [0.2, 0.25) is 0 Å². The van der Waals surface area contributed by atoms with Crippen LogP contribution >= 0.6 is 0 Å². The molecule has 8 nitrogen and oxygen atoms in total. The lowest BCUT2D eigenvalue weighted by molar-refractivity contribution is 0.0474. The first-order valence-corrected chi connectivity index (χ1v) is 9.63. The van der Waals surface area contributed by atoms with Crippen LogP contribution in [0.4, 0.5) is 4.79 Å². The van der Waals surface area contributed by atoms with Crippen molar-refractivity contribution in [2.75, 3.05) is 13.6 Å². The molecule has 3 N–H and O–H groups in total. The van der Waals surface area contributed by atoms with E-state index in [2.05, 4.69) is 32.1 Å². The molecule has 0 aliphatic rings. The first kappa shape index (κ1) is 22.3. The fraction of sp³-hybridized carbons (Fsp3) is 0.476. The number of ether oxygens (including phenoxy) is 1. The molecule has 1 aromatic heterocycles. The van der Waals surface area contributed by atoms with Gasteiger partial charge in [0.2, 0.25) is 0 Å². The highest BCUT2D eigenvalue weighted by Crippen LogP contribution is 2.10. The van der Waals surface area contributed by atoms with Crippen molar-refractivity contribution in [3.63, 3.8) is 0 Å². The van der Waals surface area contributed by atoms with Crippen LogP contribution in [0.15, 0.2) is 47.7 Å². The smallest absolute Gasteiger partial charge is 0.408 e. The minimum Gasteiger partial charge on any atom is -0.444 e. The van der Waals surface area contributed by atoms with Crippen LogP contribution in [0.5, 0.6) is 0 Å².